The highest BCUT2D eigenvalue weighted by Crippen LogP contribution is 2.39. The Bertz CT molecular complexity index is 274. The number of rotatable bonds is 6. The van der Waals surface area contributed by atoms with Crippen LogP contribution in [0.15, 0.2) is 0 Å². The average Bonchev–Trinajstić information content (AvgIpc) is 3.06. The van der Waals surface area contributed by atoms with Gasteiger partial charge in [0.2, 0.25) is 0 Å². The molecule has 0 saturated heterocycles. The standard InChI is InChI=1S/C12H22N2O2/c1-14(7-9-3-4-9)8-12(13,10-5-6-10)11(15)16-2/h9-10H,3-8,13H2,1-2H3. The van der Waals surface area contributed by atoms with Crippen molar-refractivity contribution in [1.82, 2.24) is 4.90 Å². The van der Waals surface area contributed by atoms with Crippen LogP contribution in [-0.2, 0) is 9.53 Å². The van der Waals surface area contributed by atoms with Crippen molar-refractivity contribution in [3.05, 3.63) is 0 Å². The first-order valence-corrected chi connectivity index (χ1v) is 6.12. The molecular weight excluding hydrogens is 204 g/mol. The van der Waals surface area contributed by atoms with Crippen LogP contribution < -0.4 is 5.73 Å². The van der Waals surface area contributed by atoms with Gasteiger partial charge in [-0.1, -0.05) is 0 Å². The predicted octanol–water partition coefficient (Wildman–Crippen LogP) is 0.609. The fourth-order valence-corrected chi connectivity index (χ4v) is 2.40. The lowest BCUT2D eigenvalue weighted by Crippen LogP contribution is -2.58. The minimum absolute atomic E-state index is 0.252. The molecule has 4 nitrogen and oxygen atoms in total. The third-order valence-electron chi connectivity index (χ3n) is 3.67. The Morgan fingerprint density at radius 2 is 2.06 bits per heavy atom. The molecule has 0 spiro atoms. The molecule has 1 atom stereocenters. The zero-order valence-corrected chi connectivity index (χ0v) is 10.2. The van der Waals surface area contributed by atoms with Gasteiger partial charge in [-0.3, -0.25) is 4.79 Å². The number of nitrogens with two attached hydrogens (primary N) is 1. The first-order valence-electron chi connectivity index (χ1n) is 6.12. The second-order valence-corrected chi connectivity index (χ2v) is 5.45. The quantitative estimate of drug-likeness (QED) is 0.674. The molecule has 1 unspecified atom stereocenters. The third-order valence-corrected chi connectivity index (χ3v) is 3.67. The van der Waals surface area contributed by atoms with Crippen molar-refractivity contribution in [3.63, 3.8) is 0 Å². The van der Waals surface area contributed by atoms with Gasteiger partial charge in [0.05, 0.1) is 7.11 Å². The smallest absolute Gasteiger partial charge is 0.327 e. The molecule has 0 radical (unpaired) electrons. The first kappa shape index (κ1) is 11.9. The van der Waals surface area contributed by atoms with Crippen LogP contribution in [-0.4, -0.2) is 43.7 Å². The Kier molecular flexibility index (Phi) is 3.22. The van der Waals surface area contributed by atoms with Gasteiger partial charge in [0.15, 0.2) is 0 Å². The third kappa shape index (κ3) is 2.55. The van der Waals surface area contributed by atoms with E-state index < -0.39 is 5.54 Å². The number of nitrogens with zero attached hydrogens (tertiary/aromatic N) is 1. The lowest BCUT2D eigenvalue weighted by Gasteiger charge is -2.31. The zero-order chi connectivity index (χ0) is 11.8. The van der Waals surface area contributed by atoms with E-state index in [2.05, 4.69) is 4.90 Å². The van der Waals surface area contributed by atoms with Gasteiger partial charge in [-0.05, 0) is 44.6 Å². The molecule has 16 heavy (non-hydrogen) atoms. The van der Waals surface area contributed by atoms with Crippen LogP contribution in [0.3, 0.4) is 0 Å². The fourth-order valence-electron chi connectivity index (χ4n) is 2.40. The van der Waals surface area contributed by atoms with Crippen LogP contribution in [0, 0.1) is 11.8 Å². The Labute approximate surface area is 97.1 Å². The summed E-state index contributed by atoms with van der Waals surface area (Å²) in [7, 11) is 3.47. The SMILES string of the molecule is COC(=O)C(N)(CN(C)CC1CC1)C1CC1. The summed E-state index contributed by atoms with van der Waals surface area (Å²) in [6, 6.07) is 0. The Morgan fingerprint density at radius 3 is 2.50 bits per heavy atom. The Hall–Kier alpha value is -0.610. The van der Waals surface area contributed by atoms with E-state index in [0.717, 1.165) is 25.3 Å². The summed E-state index contributed by atoms with van der Waals surface area (Å²) in [6.45, 7) is 1.68. The van der Waals surface area contributed by atoms with E-state index in [9.17, 15) is 4.79 Å². The summed E-state index contributed by atoms with van der Waals surface area (Å²) in [5, 5.41) is 0. The van der Waals surface area contributed by atoms with Crippen molar-refractivity contribution >= 4 is 5.97 Å². The molecule has 2 fully saturated rings. The van der Waals surface area contributed by atoms with Crippen molar-refractivity contribution < 1.29 is 9.53 Å². The first-order chi connectivity index (χ1) is 7.56. The van der Waals surface area contributed by atoms with Crippen molar-refractivity contribution in [2.45, 2.75) is 31.2 Å². The number of esters is 1. The lowest BCUT2D eigenvalue weighted by atomic mass is 9.94. The van der Waals surface area contributed by atoms with Gasteiger partial charge in [-0.25, -0.2) is 0 Å². The number of methoxy groups -OCH3 is 1. The molecule has 2 aliphatic carbocycles. The molecule has 0 bridgehead atoms. The van der Waals surface area contributed by atoms with E-state index in [0.29, 0.717) is 12.5 Å². The molecule has 0 aromatic carbocycles. The molecule has 0 aromatic rings. The molecule has 92 valence electrons. The molecule has 4 heteroatoms. The summed E-state index contributed by atoms with van der Waals surface area (Å²) in [4.78, 5) is 14.0. The summed E-state index contributed by atoms with van der Waals surface area (Å²) < 4.78 is 4.85. The van der Waals surface area contributed by atoms with E-state index in [-0.39, 0.29) is 5.97 Å². The van der Waals surface area contributed by atoms with Gasteiger partial charge in [-0.2, -0.15) is 0 Å². The van der Waals surface area contributed by atoms with Crippen LogP contribution in [0.2, 0.25) is 0 Å². The van der Waals surface area contributed by atoms with Crippen LogP contribution in [0.1, 0.15) is 25.7 Å². The molecule has 0 amide bonds. The number of carbonyl (C=O) groups is 1. The topological polar surface area (TPSA) is 55.6 Å². The summed E-state index contributed by atoms with van der Waals surface area (Å²) in [6.07, 6.45) is 4.76. The molecule has 0 aliphatic heterocycles. The van der Waals surface area contributed by atoms with E-state index in [1.807, 2.05) is 7.05 Å². The average molecular weight is 226 g/mol. The number of ether oxygens (including phenoxy) is 1. The summed E-state index contributed by atoms with van der Waals surface area (Å²) >= 11 is 0. The van der Waals surface area contributed by atoms with E-state index in [1.54, 1.807) is 0 Å². The lowest BCUT2D eigenvalue weighted by molar-refractivity contribution is -0.148. The van der Waals surface area contributed by atoms with E-state index in [1.165, 1.54) is 20.0 Å². The maximum atomic E-state index is 11.8. The van der Waals surface area contributed by atoms with Gasteiger partial charge in [0.1, 0.15) is 5.54 Å². The number of hydrogen-bond donors (Lipinski definition) is 1. The van der Waals surface area contributed by atoms with Crippen molar-refractivity contribution in [3.8, 4) is 0 Å². The highest BCUT2D eigenvalue weighted by Gasteiger charge is 2.49. The molecule has 2 N–H and O–H groups in total. The molecule has 2 rings (SSSR count). The zero-order valence-electron chi connectivity index (χ0n) is 10.2. The number of likely N-dealkylation sites (N-methyl/N-ethyl adjacent to an activating group) is 1. The Morgan fingerprint density at radius 1 is 1.44 bits per heavy atom. The normalized spacial score (nSPS) is 24.2. The number of hydrogen-bond acceptors (Lipinski definition) is 4. The Balaban J connectivity index is 1.92. The van der Waals surface area contributed by atoms with Crippen LogP contribution >= 0.6 is 0 Å². The van der Waals surface area contributed by atoms with Crippen molar-refractivity contribution in [2.75, 3.05) is 27.2 Å². The van der Waals surface area contributed by atoms with Crippen LogP contribution in [0.25, 0.3) is 0 Å². The molecule has 2 aliphatic rings. The maximum Gasteiger partial charge on any atom is 0.327 e. The highest BCUT2D eigenvalue weighted by atomic mass is 16.5. The maximum absolute atomic E-state index is 11.8. The molecule has 0 heterocycles. The van der Waals surface area contributed by atoms with E-state index >= 15 is 0 Å². The van der Waals surface area contributed by atoms with E-state index in [4.69, 9.17) is 10.5 Å². The van der Waals surface area contributed by atoms with Crippen molar-refractivity contribution in [2.24, 2.45) is 17.6 Å². The summed E-state index contributed by atoms with van der Waals surface area (Å²) in [5.74, 6) is 0.894. The minimum atomic E-state index is -0.779. The molecule has 2 saturated carbocycles. The van der Waals surface area contributed by atoms with Gasteiger partial charge < -0.3 is 15.4 Å². The predicted molar refractivity (Wildman–Crippen MR) is 61.9 cm³/mol. The van der Waals surface area contributed by atoms with Crippen molar-refractivity contribution in [1.29, 1.82) is 0 Å². The number of carbonyl (C=O) groups excluding carboxylic acids is 1. The second kappa shape index (κ2) is 4.34. The molecule has 0 aromatic heterocycles. The molecular formula is C12H22N2O2. The fraction of sp³-hybridized carbons (Fsp3) is 0.917. The van der Waals surface area contributed by atoms with Gasteiger partial charge in [0, 0.05) is 13.1 Å². The monoisotopic (exact) mass is 226 g/mol. The van der Waals surface area contributed by atoms with Crippen LogP contribution in [0.4, 0.5) is 0 Å². The summed E-state index contributed by atoms with van der Waals surface area (Å²) in [5.41, 5.74) is 5.46. The van der Waals surface area contributed by atoms with Gasteiger partial charge in [0.25, 0.3) is 0 Å². The highest BCUT2D eigenvalue weighted by molar-refractivity contribution is 5.81. The largest absolute Gasteiger partial charge is 0.468 e. The second-order valence-electron chi connectivity index (χ2n) is 5.45. The van der Waals surface area contributed by atoms with Crippen LogP contribution in [0.5, 0.6) is 0 Å². The minimum Gasteiger partial charge on any atom is -0.468 e. The van der Waals surface area contributed by atoms with Gasteiger partial charge >= 0.3 is 5.97 Å². The van der Waals surface area contributed by atoms with Gasteiger partial charge in [-0.15, -0.1) is 0 Å².